The van der Waals surface area contributed by atoms with E-state index < -0.39 is 0 Å². The number of nitrogens with zero attached hydrogens (tertiary/aromatic N) is 4. The number of amides is 1. The van der Waals surface area contributed by atoms with Crippen LogP contribution in [-0.2, 0) is 6.42 Å². The zero-order chi connectivity index (χ0) is 19.9. The number of benzene rings is 1. The van der Waals surface area contributed by atoms with Gasteiger partial charge in [-0.3, -0.25) is 9.78 Å². The number of aromatic nitrogens is 3. The molecule has 3 rings (SSSR count). The molecule has 6 nitrogen and oxygen atoms in total. The molecule has 1 N–H and O–H groups in total. The van der Waals surface area contributed by atoms with Crippen molar-refractivity contribution in [2.75, 3.05) is 23.8 Å². The minimum Gasteiger partial charge on any atom is -0.344 e. The van der Waals surface area contributed by atoms with Crippen LogP contribution < -0.4 is 10.2 Å². The van der Waals surface area contributed by atoms with Crippen molar-refractivity contribution in [2.45, 2.75) is 26.2 Å². The molecule has 0 aliphatic rings. The van der Waals surface area contributed by atoms with Gasteiger partial charge in [-0.25, -0.2) is 9.97 Å². The van der Waals surface area contributed by atoms with Gasteiger partial charge in [0.1, 0.15) is 5.69 Å². The number of rotatable bonds is 7. The van der Waals surface area contributed by atoms with E-state index in [-0.39, 0.29) is 5.91 Å². The molecule has 6 heteroatoms. The molecule has 1 amide bonds. The number of hydrogen-bond acceptors (Lipinski definition) is 5. The lowest BCUT2D eigenvalue weighted by atomic mass is 10.0. The Morgan fingerprint density at radius 3 is 2.57 bits per heavy atom. The molecular formula is C22H25N5O. The molecular weight excluding hydrogens is 350 g/mol. The van der Waals surface area contributed by atoms with Gasteiger partial charge in [-0.15, -0.1) is 0 Å². The Hall–Kier alpha value is -3.28. The molecule has 28 heavy (non-hydrogen) atoms. The molecule has 2 aromatic heterocycles. The number of likely N-dealkylation sites (N-methyl/N-ethyl adjacent to an activating group) is 1. The summed E-state index contributed by atoms with van der Waals surface area (Å²) in [6, 6.07) is 13.4. The molecule has 1 aromatic carbocycles. The third-order valence-corrected chi connectivity index (χ3v) is 4.53. The molecule has 0 saturated heterocycles. The van der Waals surface area contributed by atoms with Crippen LogP contribution in [0.1, 0.15) is 41.4 Å². The van der Waals surface area contributed by atoms with Crippen LogP contribution in [0.3, 0.4) is 0 Å². The number of nitrogens with one attached hydrogen (secondary N) is 1. The lowest BCUT2D eigenvalue weighted by Crippen LogP contribution is -2.24. The predicted octanol–water partition coefficient (Wildman–Crippen LogP) is 3.93. The molecule has 0 atom stereocenters. The molecule has 144 valence electrons. The summed E-state index contributed by atoms with van der Waals surface area (Å²) < 4.78 is 0. The Morgan fingerprint density at radius 1 is 1.07 bits per heavy atom. The fraction of sp³-hybridized carbons (Fsp3) is 0.273. The number of para-hydroxylation sites is 1. The molecule has 0 fully saturated rings. The van der Waals surface area contributed by atoms with Crippen molar-refractivity contribution < 1.29 is 4.79 Å². The zero-order valence-electron chi connectivity index (χ0n) is 16.5. The smallest absolute Gasteiger partial charge is 0.274 e. The minimum absolute atomic E-state index is 0.237. The Kier molecular flexibility index (Phi) is 6.32. The summed E-state index contributed by atoms with van der Waals surface area (Å²) in [4.78, 5) is 27.4. The minimum atomic E-state index is -0.237. The van der Waals surface area contributed by atoms with Crippen LogP contribution in [0.5, 0.6) is 0 Å². The maximum Gasteiger partial charge on any atom is 0.274 e. The standard InChI is InChI=1S/C22H25N5O/c1-16(2)18-6-4-5-7-19(18)25-21(28)20-10-14-24-22(26-20)27(3)15-11-17-8-12-23-13-9-17/h4-10,12-14,16H,11,15H2,1-3H3,(H,25,28). The summed E-state index contributed by atoms with van der Waals surface area (Å²) >= 11 is 0. The highest BCUT2D eigenvalue weighted by molar-refractivity contribution is 6.03. The molecule has 0 aliphatic carbocycles. The SMILES string of the molecule is CC(C)c1ccccc1NC(=O)c1ccnc(N(C)CCc2ccncc2)n1. The van der Waals surface area contributed by atoms with Crippen molar-refractivity contribution in [2.24, 2.45) is 0 Å². The van der Waals surface area contributed by atoms with Gasteiger partial charge >= 0.3 is 0 Å². The topological polar surface area (TPSA) is 71.0 Å². The van der Waals surface area contributed by atoms with Crippen LogP contribution in [0, 0.1) is 0 Å². The van der Waals surface area contributed by atoms with Crippen LogP contribution in [0.25, 0.3) is 0 Å². The Balaban J connectivity index is 1.69. The Bertz CT molecular complexity index is 927. The number of pyridine rings is 1. The normalized spacial score (nSPS) is 10.7. The summed E-state index contributed by atoms with van der Waals surface area (Å²) in [6.07, 6.45) is 6.03. The molecule has 0 radical (unpaired) electrons. The second-order valence-electron chi connectivity index (χ2n) is 6.96. The molecule has 2 heterocycles. The summed E-state index contributed by atoms with van der Waals surface area (Å²) in [5, 5.41) is 2.98. The van der Waals surface area contributed by atoms with Gasteiger partial charge in [0.15, 0.2) is 0 Å². The first-order chi connectivity index (χ1) is 13.5. The highest BCUT2D eigenvalue weighted by Crippen LogP contribution is 2.24. The van der Waals surface area contributed by atoms with Gasteiger partial charge in [0.25, 0.3) is 5.91 Å². The van der Waals surface area contributed by atoms with Crippen LogP contribution in [-0.4, -0.2) is 34.5 Å². The second-order valence-corrected chi connectivity index (χ2v) is 6.96. The summed E-state index contributed by atoms with van der Waals surface area (Å²) in [5.41, 5.74) is 3.45. The highest BCUT2D eigenvalue weighted by atomic mass is 16.1. The van der Waals surface area contributed by atoms with E-state index in [2.05, 4.69) is 34.1 Å². The van der Waals surface area contributed by atoms with E-state index >= 15 is 0 Å². The van der Waals surface area contributed by atoms with E-state index in [1.165, 1.54) is 5.56 Å². The number of hydrogen-bond donors (Lipinski definition) is 1. The summed E-state index contributed by atoms with van der Waals surface area (Å²) in [5.74, 6) is 0.606. The summed E-state index contributed by atoms with van der Waals surface area (Å²) in [6.45, 7) is 4.95. The van der Waals surface area contributed by atoms with Gasteiger partial charge < -0.3 is 10.2 Å². The van der Waals surface area contributed by atoms with E-state index in [0.717, 1.165) is 24.2 Å². The molecule has 0 saturated carbocycles. The quantitative estimate of drug-likeness (QED) is 0.678. The van der Waals surface area contributed by atoms with Gasteiger partial charge in [-0.05, 0) is 47.7 Å². The van der Waals surface area contributed by atoms with Gasteiger partial charge in [0.2, 0.25) is 5.95 Å². The fourth-order valence-electron chi connectivity index (χ4n) is 2.91. The summed E-state index contributed by atoms with van der Waals surface area (Å²) in [7, 11) is 1.92. The lowest BCUT2D eigenvalue weighted by molar-refractivity contribution is 0.102. The third kappa shape index (κ3) is 4.91. The van der Waals surface area contributed by atoms with Crippen LogP contribution >= 0.6 is 0 Å². The molecule has 0 spiro atoms. The first-order valence-corrected chi connectivity index (χ1v) is 9.38. The Morgan fingerprint density at radius 2 is 1.82 bits per heavy atom. The van der Waals surface area contributed by atoms with E-state index in [1.54, 1.807) is 24.7 Å². The lowest BCUT2D eigenvalue weighted by Gasteiger charge is -2.17. The molecule has 0 aliphatic heterocycles. The van der Waals surface area contributed by atoms with Crippen molar-refractivity contribution in [1.82, 2.24) is 15.0 Å². The number of carbonyl (C=O) groups is 1. The number of carbonyl (C=O) groups excluding carboxylic acids is 1. The average molecular weight is 375 g/mol. The Labute approximate surface area is 165 Å². The van der Waals surface area contributed by atoms with Crippen LogP contribution in [0.4, 0.5) is 11.6 Å². The van der Waals surface area contributed by atoms with E-state index in [4.69, 9.17) is 0 Å². The molecule has 0 unspecified atom stereocenters. The van der Waals surface area contributed by atoms with Crippen molar-refractivity contribution >= 4 is 17.5 Å². The monoisotopic (exact) mass is 375 g/mol. The van der Waals surface area contributed by atoms with Gasteiger partial charge in [0.05, 0.1) is 0 Å². The largest absolute Gasteiger partial charge is 0.344 e. The maximum absolute atomic E-state index is 12.7. The van der Waals surface area contributed by atoms with Crippen molar-refractivity contribution in [3.05, 3.63) is 77.9 Å². The average Bonchev–Trinajstić information content (AvgIpc) is 2.73. The fourth-order valence-corrected chi connectivity index (χ4v) is 2.91. The third-order valence-electron chi connectivity index (χ3n) is 4.53. The van der Waals surface area contributed by atoms with E-state index in [9.17, 15) is 4.79 Å². The van der Waals surface area contributed by atoms with Gasteiger partial charge in [-0.1, -0.05) is 32.0 Å². The van der Waals surface area contributed by atoms with Gasteiger partial charge in [0, 0.05) is 37.9 Å². The van der Waals surface area contributed by atoms with Crippen LogP contribution in [0.2, 0.25) is 0 Å². The highest BCUT2D eigenvalue weighted by Gasteiger charge is 2.14. The first kappa shape index (κ1) is 19.5. The predicted molar refractivity (Wildman–Crippen MR) is 112 cm³/mol. The molecule has 3 aromatic rings. The molecule has 0 bridgehead atoms. The first-order valence-electron chi connectivity index (χ1n) is 9.38. The number of anilines is 2. The maximum atomic E-state index is 12.7. The second kappa shape index (κ2) is 9.08. The van der Waals surface area contributed by atoms with Crippen molar-refractivity contribution in [3.8, 4) is 0 Å². The van der Waals surface area contributed by atoms with Crippen molar-refractivity contribution in [3.63, 3.8) is 0 Å². The zero-order valence-corrected chi connectivity index (χ0v) is 16.5. The van der Waals surface area contributed by atoms with Crippen LogP contribution in [0.15, 0.2) is 61.1 Å². The van der Waals surface area contributed by atoms with E-state index in [0.29, 0.717) is 17.6 Å². The van der Waals surface area contributed by atoms with E-state index in [1.807, 2.05) is 48.3 Å². The van der Waals surface area contributed by atoms with Crippen molar-refractivity contribution in [1.29, 1.82) is 0 Å². The van der Waals surface area contributed by atoms with Gasteiger partial charge in [-0.2, -0.15) is 0 Å².